The molecule has 2 saturated carbocycles. The smallest absolute Gasteiger partial charge is 0.112 e. The van der Waals surface area contributed by atoms with E-state index in [1.54, 1.807) is 5.69 Å². The summed E-state index contributed by atoms with van der Waals surface area (Å²) in [4.78, 5) is 5.03. The summed E-state index contributed by atoms with van der Waals surface area (Å²) in [6.07, 6.45) is 10.9. The number of hydrogen-bond donors (Lipinski definition) is 1. The molecule has 110 valence electrons. The fraction of sp³-hybridized carbons (Fsp3) is 0.824. The SMILES string of the molecule is CCC1CCC(n2c(C3CC3)nc3c2CCNC3)CC1. The van der Waals surface area contributed by atoms with E-state index >= 15 is 0 Å². The van der Waals surface area contributed by atoms with Crippen LogP contribution in [0.25, 0.3) is 0 Å². The monoisotopic (exact) mass is 273 g/mol. The minimum absolute atomic E-state index is 0.753. The molecular weight excluding hydrogens is 246 g/mol. The minimum Gasteiger partial charge on any atom is -0.328 e. The third kappa shape index (κ3) is 2.20. The predicted molar refractivity (Wildman–Crippen MR) is 80.9 cm³/mol. The van der Waals surface area contributed by atoms with E-state index in [1.165, 1.54) is 62.9 Å². The van der Waals surface area contributed by atoms with Gasteiger partial charge in [-0.05, 0) is 44.4 Å². The largest absolute Gasteiger partial charge is 0.328 e. The van der Waals surface area contributed by atoms with Crippen molar-refractivity contribution in [2.24, 2.45) is 5.92 Å². The van der Waals surface area contributed by atoms with Gasteiger partial charge in [-0.15, -0.1) is 0 Å². The van der Waals surface area contributed by atoms with Gasteiger partial charge >= 0.3 is 0 Å². The van der Waals surface area contributed by atoms with Gasteiger partial charge in [-0.25, -0.2) is 4.98 Å². The van der Waals surface area contributed by atoms with Crippen molar-refractivity contribution in [1.82, 2.24) is 14.9 Å². The zero-order valence-corrected chi connectivity index (χ0v) is 12.7. The molecule has 2 heterocycles. The van der Waals surface area contributed by atoms with Gasteiger partial charge in [0.2, 0.25) is 0 Å². The number of aromatic nitrogens is 2. The van der Waals surface area contributed by atoms with E-state index in [4.69, 9.17) is 4.98 Å². The Morgan fingerprint density at radius 2 is 1.95 bits per heavy atom. The first-order chi connectivity index (χ1) is 9.86. The maximum absolute atomic E-state index is 5.03. The van der Waals surface area contributed by atoms with Crippen LogP contribution in [0.4, 0.5) is 0 Å². The molecule has 2 aliphatic carbocycles. The van der Waals surface area contributed by atoms with E-state index in [0.29, 0.717) is 0 Å². The van der Waals surface area contributed by atoms with Gasteiger partial charge < -0.3 is 9.88 Å². The lowest BCUT2D eigenvalue weighted by molar-refractivity contribution is 0.261. The summed E-state index contributed by atoms with van der Waals surface area (Å²) in [5.74, 6) is 3.21. The third-order valence-corrected chi connectivity index (χ3v) is 5.65. The van der Waals surface area contributed by atoms with Crippen LogP contribution < -0.4 is 5.32 Å². The summed E-state index contributed by atoms with van der Waals surface area (Å²) in [5, 5.41) is 3.48. The Balaban J connectivity index is 1.64. The molecule has 0 spiro atoms. The summed E-state index contributed by atoms with van der Waals surface area (Å²) in [6.45, 7) is 4.48. The molecule has 1 aliphatic heterocycles. The van der Waals surface area contributed by atoms with Crippen LogP contribution in [-0.4, -0.2) is 16.1 Å². The molecule has 1 N–H and O–H groups in total. The van der Waals surface area contributed by atoms with E-state index in [2.05, 4.69) is 16.8 Å². The molecule has 0 saturated heterocycles. The zero-order valence-electron chi connectivity index (χ0n) is 12.7. The highest BCUT2D eigenvalue weighted by Crippen LogP contribution is 2.44. The molecule has 0 unspecified atom stereocenters. The highest BCUT2D eigenvalue weighted by Gasteiger charge is 2.35. The molecule has 0 aromatic carbocycles. The molecule has 20 heavy (non-hydrogen) atoms. The highest BCUT2D eigenvalue weighted by molar-refractivity contribution is 5.25. The van der Waals surface area contributed by atoms with E-state index in [1.807, 2.05) is 0 Å². The molecule has 1 aromatic rings. The lowest BCUT2D eigenvalue weighted by Crippen LogP contribution is -2.27. The van der Waals surface area contributed by atoms with E-state index in [0.717, 1.165) is 31.0 Å². The Morgan fingerprint density at radius 3 is 2.65 bits per heavy atom. The van der Waals surface area contributed by atoms with Crippen molar-refractivity contribution in [2.75, 3.05) is 6.54 Å². The first kappa shape index (κ1) is 12.9. The van der Waals surface area contributed by atoms with Crippen molar-refractivity contribution in [1.29, 1.82) is 0 Å². The molecule has 1 aromatic heterocycles. The summed E-state index contributed by atoms with van der Waals surface area (Å²) in [5.41, 5.74) is 2.93. The summed E-state index contributed by atoms with van der Waals surface area (Å²) < 4.78 is 2.71. The van der Waals surface area contributed by atoms with Crippen LogP contribution in [0.15, 0.2) is 0 Å². The number of fused-ring (bicyclic) bond motifs is 1. The van der Waals surface area contributed by atoms with E-state index < -0.39 is 0 Å². The van der Waals surface area contributed by atoms with Crippen molar-refractivity contribution in [3.63, 3.8) is 0 Å². The van der Waals surface area contributed by atoms with Gasteiger partial charge in [-0.2, -0.15) is 0 Å². The van der Waals surface area contributed by atoms with Crippen LogP contribution in [0.5, 0.6) is 0 Å². The number of imidazole rings is 1. The van der Waals surface area contributed by atoms with Crippen molar-refractivity contribution in [2.45, 2.75) is 76.8 Å². The van der Waals surface area contributed by atoms with Gasteiger partial charge in [0, 0.05) is 37.2 Å². The normalized spacial score (nSPS) is 30.2. The lowest BCUT2D eigenvalue weighted by Gasteiger charge is -2.31. The Labute approximate surface area is 122 Å². The predicted octanol–water partition coefficient (Wildman–Crippen LogP) is 3.55. The van der Waals surface area contributed by atoms with Gasteiger partial charge in [-0.3, -0.25) is 0 Å². The Hall–Kier alpha value is -0.830. The molecule has 0 atom stereocenters. The quantitative estimate of drug-likeness (QED) is 0.912. The number of rotatable bonds is 3. The van der Waals surface area contributed by atoms with Crippen LogP contribution in [0, 0.1) is 5.92 Å². The van der Waals surface area contributed by atoms with Crippen LogP contribution in [0.1, 0.15) is 81.0 Å². The first-order valence-corrected chi connectivity index (χ1v) is 8.67. The zero-order chi connectivity index (χ0) is 13.5. The average molecular weight is 273 g/mol. The third-order valence-electron chi connectivity index (χ3n) is 5.65. The second-order valence-electron chi connectivity index (χ2n) is 7.02. The summed E-state index contributed by atoms with van der Waals surface area (Å²) in [6, 6.07) is 0.753. The molecule has 2 fully saturated rings. The van der Waals surface area contributed by atoms with Crippen molar-refractivity contribution in [3.05, 3.63) is 17.2 Å². The van der Waals surface area contributed by atoms with Crippen molar-refractivity contribution in [3.8, 4) is 0 Å². The maximum atomic E-state index is 5.03. The average Bonchev–Trinajstić information content (AvgIpc) is 3.28. The van der Waals surface area contributed by atoms with Gasteiger partial charge in [0.15, 0.2) is 0 Å². The molecule has 3 heteroatoms. The highest BCUT2D eigenvalue weighted by atomic mass is 15.2. The topological polar surface area (TPSA) is 29.9 Å². The number of nitrogens with zero attached hydrogens (tertiary/aromatic N) is 2. The van der Waals surface area contributed by atoms with Crippen LogP contribution in [0.2, 0.25) is 0 Å². The molecule has 0 radical (unpaired) electrons. The second kappa shape index (κ2) is 5.18. The molecular formula is C17H27N3. The minimum atomic E-state index is 0.753. The standard InChI is InChI=1S/C17H27N3/c1-2-12-3-7-14(8-4-12)20-16-9-10-18-11-15(16)19-17(20)13-5-6-13/h12-14,18H,2-11H2,1H3. The van der Waals surface area contributed by atoms with E-state index in [9.17, 15) is 0 Å². The van der Waals surface area contributed by atoms with E-state index in [-0.39, 0.29) is 0 Å². The van der Waals surface area contributed by atoms with Gasteiger partial charge in [-0.1, -0.05) is 13.3 Å². The lowest BCUT2D eigenvalue weighted by atomic mass is 9.84. The van der Waals surface area contributed by atoms with Crippen molar-refractivity contribution < 1.29 is 0 Å². The summed E-state index contributed by atoms with van der Waals surface area (Å²) in [7, 11) is 0. The van der Waals surface area contributed by atoms with Gasteiger partial charge in [0.05, 0.1) is 5.69 Å². The van der Waals surface area contributed by atoms with Crippen molar-refractivity contribution >= 4 is 0 Å². The molecule has 4 rings (SSSR count). The maximum Gasteiger partial charge on any atom is 0.112 e. The van der Waals surface area contributed by atoms with Crippen LogP contribution in [-0.2, 0) is 13.0 Å². The molecule has 0 amide bonds. The Bertz CT molecular complexity index is 479. The number of hydrogen-bond acceptors (Lipinski definition) is 2. The van der Waals surface area contributed by atoms with Gasteiger partial charge in [0.25, 0.3) is 0 Å². The number of nitrogens with one attached hydrogen (secondary N) is 1. The Kier molecular flexibility index (Phi) is 3.33. The Morgan fingerprint density at radius 1 is 1.15 bits per heavy atom. The molecule has 3 nitrogen and oxygen atoms in total. The molecule has 0 bridgehead atoms. The van der Waals surface area contributed by atoms with Crippen LogP contribution in [0.3, 0.4) is 0 Å². The van der Waals surface area contributed by atoms with Crippen LogP contribution >= 0.6 is 0 Å². The second-order valence-corrected chi connectivity index (χ2v) is 7.02. The first-order valence-electron chi connectivity index (χ1n) is 8.67. The van der Waals surface area contributed by atoms with Gasteiger partial charge in [0.1, 0.15) is 5.82 Å². The summed E-state index contributed by atoms with van der Waals surface area (Å²) >= 11 is 0. The fourth-order valence-corrected chi connectivity index (χ4v) is 4.20. The molecule has 3 aliphatic rings. The fourth-order valence-electron chi connectivity index (χ4n) is 4.20.